The first kappa shape index (κ1) is 27.9. The Morgan fingerprint density at radius 1 is 1.03 bits per heavy atom. The van der Waals surface area contributed by atoms with Gasteiger partial charge in [0.15, 0.2) is 0 Å². The van der Waals surface area contributed by atoms with Crippen LogP contribution in [-0.4, -0.2) is 24.2 Å². The zero-order chi connectivity index (χ0) is 27.2. The van der Waals surface area contributed by atoms with Crippen molar-refractivity contribution in [1.29, 1.82) is 0 Å². The number of carbonyl (C=O) groups excluding carboxylic acids is 1. The van der Waals surface area contributed by atoms with Gasteiger partial charge in [-0.3, -0.25) is 4.79 Å². The van der Waals surface area contributed by atoms with E-state index < -0.39 is 29.8 Å². The molecule has 0 saturated carbocycles. The fourth-order valence-corrected chi connectivity index (χ4v) is 4.17. The lowest BCUT2D eigenvalue weighted by atomic mass is 9.90. The Kier molecular flexibility index (Phi) is 9.04. The molecule has 1 atom stereocenters. The molecule has 0 fully saturated rings. The minimum absolute atomic E-state index is 0.170. The van der Waals surface area contributed by atoms with Gasteiger partial charge in [0.2, 0.25) is 0 Å². The van der Waals surface area contributed by atoms with Gasteiger partial charge in [-0.05, 0) is 65.1 Å². The molecule has 196 valence electrons. The second kappa shape index (κ2) is 12.0. The van der Waals surface area contributed by atoms with Gasteiger partial charge in [0, 0.05) is 17.1 Å². The summed E-state index contributed by atoms with van der Waals surface area (Å²) in [5.74, 6) is -0.691. The molecular weight excluding hydrogens is 509 g/mol. The molecule has 37 heavy (non-hydrogen) atoms. The van der Waals surface area contributed by atoms with Crippen molar-refractivity contribution in [2.45, 2.75) is 38.5 Å². The topological polar surface area (TPSA) is 87.7 Å². The summed E-state index contributed by atoms with van der Waals surface area (Å²) in [6.45, 7) is 1.91. The molecule has 10 heteroatoms. The van der Waals surface area contributed by atoms with Crippen LogP contribution >= 0.6 is 11.6 Å². The molecule has 0 aliphatic rings. The smallest absolute Gasteiger partial charge is 0.416 e. The van der Waals surface area contributed by atoms with Gasteiger partial charge in [-0.15, -0.1) is 0 Å². The van der Waals surface area contributed by atoms with Gasteiger partial charge in [0.25, 0.3) is 0 Å². The fraction of sp³-hybridized carbons (Fsp3) is 0.259. The highest BCUT2D eigenvalue weighted by atomic mass is 35.5. The van der Waals surface area contributed by atoms with Crippen molar-refractivity contribution in [2.24, 2.45) is 0 Å². The minimum atomic E-state index is -4.60. The quantitative estimate of drug-likeness (QED) is 0.288. The predicted octanol–water partition coefficient (Wildman–Crippen LogP) is 6.61. The maximum atomic E-state index is 13.6. The number of benzene rings is 3. The molecule has 1 unspecified atom stereocenters. The highest BCUT2D eigenvalue weighted by molar-refractivity contribution is 6.30. The molecule has 0 saturated heterocycles. The van der Waals surface area contributed by atoms with Crippen LogP contribution in [-0.2, 0) is 23.9 Å². The van der Waals surface area contributed by atoms with Crippen molar-refractivity contribution in [1.82, 2.24) is 10.6 Å². The Hall–Kier alpha value is -3.72. The standard InChI is InChI=1S/C27H26ClF3N2O4/c1-3-23(33-26(36)32-15-17-5-4-6-19(28)11-17)21-14-18(27(29,30)31)8-9-20(21)22-12-16(13-25(34)35)7-10-24(22)37-2/h4-12,14,23H,3,13,15H2,1-2H3,(H,34,35)(H2,32,33,36). The maximum absolute atomic E-state index is 13.6. The number of carbonyl (C=O) groups is 2. The molecule has 0 bridgehead atoms. The highest BCUT2D eigenvalue weighted by Crippen LogP contribution is 2.40. The fourth-order valence-electron chi connectivity index (χ4n) is 3.96. The Morgan fingerprint density at radius 2 is 1.78 bits per heavy atom. The van der Waals surface area contributed by atoms with Gasteiger partial charge in [-0.25, -0.2) is 4.79 Å². The van der Waals surface area contributed by atoms with Crippen LogP contribution in [0.5, 0.6) is 5.75 Å². The van der Waals surface area contributed by atoms with Gasteiger partial charge in [0.05, 0.1) is 25.1 Å². The summed E-state index contributed by atoms with van der Waals surface area (Å²) in [7, 11) is 1.41. The summed E-state index contributed by atoms with van der Waals surface area (Å²) in [5.41, 5.74) is 1.38. The normalized spacial score (nSPS) is 12.1. The van der Waals surface area contributed by atoms with Crippen molar-refractivity contribution in [2.75, 3.05) is 7.11 Å². The van der Waals surface area contributed by atoms with Crippen LogP contribution in [0.2, 0.25) is 5.02 Å². The number of urea groups is 1. The minimum Gasteiger partial charge on any atom is -0.496 e. The van der Waals surface area contributed by atoms with Crippen LogP contribution in [0.3, 0.4) is 0 Å². The van der Waals surface area contributed by atoms with Crippen LogP contribution in [0.1, 0.15) is 41.6 Å². The number of amides is 2. The number of alkyl halides is 3. The molecule has 3 rings (SSSR count). The Balaban J connectivity index is 2.00. The van der Waals surface area contributed by atoms with Crippen molar-refractivity contribution in [3.8, 4) is 16.9 Å². The van der Waals surface area contributed by atoms with Crippen molar-refractivity contribution in [3.63, 3.8) is 0 Å². The van der Waals surface area contributed by atoms with E-state index in [1.807, 2.05) is 0 Å². The van der Waals surface area contributed by atoms with Crippen molar-refractivity contribution in [3.05, 3.63) is 87.9 Å². The number of carboxylic acids is 1. The lowest BCUT2D eigenvalue weighted by molar-refractivity contribution is -0.138. The molecule has 0 heterocycles. The largest absolute Gasteiger partial charge is 0.496 e. The van der Waals surface area contributed by atoms with Crippen LogP contribution in [0.15, 0.2) is 60.7 Å². The number of carboxylic acid groups (broad SMARTS) is 1. The molecule has 0 aliphatic carbocycles. The zero-order valence-corrected chi connectivity index (χ0v) is 20.9. The lowest BCUT2D eigenvalue weighted by Gasteiger charge is -2.24. The average molecular weight is 535 g/mol. The molecule has 3 N–H and O–H groups in total. The summed E-state index contributed by atoms with van der Waals surface area (Å²) in [4.78, 5) is 23.9. The second-order valence-electron chi connectivity index (χ2n) is 8.32. The van der Waals surface area contributed by atoms with Gasteiger partial charge in [0.1, 0.15) is 5.75 Å². The van der Waals surface area contributed by atoms with E-state index in [0.29, 0.717) is 27.5 Å². The summed E-state index contributed by atoms with van der Waals surface area (Å²) in [5, 5.41) is 15.2. The zero-order valence-electron chi connectivity index (χ0n) is 20.2. The first-order valence-electron chi connectivity index (χ1n) is 11.4. The van der Waals surface area contributed by atoms with E-state index in [0.717, 1.165) is 17.7 Å². The molecule has 0 radical (unpaired) electrons. The Labute approximate surface area is 217 Å². The van der Waals surface area contributed by atoms with Crippen LogP contribution < -0.4 is 15.4 Å². The van der Waals surface area contributed by atoms with E-state index in [1.54, 1.807) is 49.4 Å². The summed E-state index contributed by atoms with van der Waals surface area (Å²) in [6, 6.07) is 13.6. The van der Waals surface area contributed by atoms with Crippen LogP contribution in [0, 0.1) is 0 Å². The van der Waals surface area contributed by atoms with Gasteiger partial charge >= 0.3 is 18.2 Å². The number of hydrogen-bond donors (Lipinski definition) is 3. The first-order valence-corrected chi connectivity index (χ1v) is 11.8. The molecule has 3 aromatic rings. The average Bonchev–Trinajstić information content (AvgIpc) is 2.85. The Bertz CT molecular complexity index is 1280. The number of methoxy groups -OCH3 is 1. The van der Waals surface area contributed by atoms with E-state index in [-0.39, 0.29) is 24.9 Å². The molecule has 3 aromatic carbocycles. The van der Waals surface area contributed by atoms with Crippen LogP contribution in [0.25, 0.3) is 11.1 Å². The molecule has 6 nitrogen and oxygen atoms in total. The summed E-state index contributed by atoms with van der Waals surface area (Å²) < 4.78 is 46.3. The second-order valence-corrected chi connectivity index (χ2v) is 8.76. The van der Waals surface area contributed by atoms with E-state index in [1.165, 1.54) is 13.2 Å². The molecule has 0 aliphatic heterocycles. The first-order chi connectivity index (χ1) is 17.5. The molecule has 0 spiro atoms. The van der Waals surface area contributed by atoms with Gasteiger partial charge in [-0.1, -0.05) is 42.8 Å². The number of rotatable bonds is 9. The van der Waals surface area contributed by atoms with Gasteiger partial charge in [-0.2, -0.15) is 13.2 Å². The summed E-state index contributed by atoms with van der Waals surface area (Å²) in [6.07, 6.45) is -4.58. The SMILES string of the molecule is CCC(NC(=O)NCc1cccc(Cl)c1)c1cc(C(F)(F)F)ccc1-c1cc(CC(=O)O)ccc1OC. The van der Waals surface area contributed by atoms with Gasteiger partial charge < -0.3 is 20.5 Å². The van der Waals surface area contributed by atoms with E-state index in [2.05, 4.69) is 10.6 Å². The highest BCUT2D eigenvalue weighted by Gasteiger charge is 2.32. The van der Waals surface area contributed by atoms with Crippen molar-refractivity contribution >= 4 is 23.6 Å². The number of hydrogen-bond acceptors (Lipinski definition) is 3. The number of halogens is 4. The third kappa shape index (κ3) is 7.39. The Morgan fingerprint density at radius 3 is 2.41 bits per heavy atom. The van der Waals surface area contributed by atoms with E-state index >= 15 is 0 Å². The monoisotopic (exact) mass is 534 g/mol. The van der Waals surface area contributed by atoms with Crippen LogP contribution in [0.4, 0.5) is 18.0 Å². The van der Waals surface area contributed by atoms with Crippen molar-refractivity contribution < 1.29 is 32.6 Å². The third-order valence-corrected chi connectivity index (χ3v) is 5.95. The van der Waals surface area contributed by atoms with E-state index in [9.17, 15) is 27.9 Å². The molecule has 0 aromatic heterocycles. The van der Waals surface area contributed by atoms with E-state index in [4.69, 9.17) is 16.3 Å². The summed E-state index contributed by atoms with van der Waals surface area (Å²) >= 11 is 5.97. The third-order valence-electron chi connectivity index (χ3n) is 5.72. The predicted molar refractivity (Wildman–Crippen MR) is 135 cm³/mol. The molecular formula is C27H26ClF3N2O4. The maximum Gasteiger partial charge on any atom is 0.416 e. The molecule has 2 amide bonds. The number of nitrogens with one attached hydrogen (secondary N) is 2. The number of aliphatic carboxylic acids is 1. The number of ether oxygens (including phenoxy) is 1. The lowest BCUT2D eigenvalue weighted by Crippen LogP contribution is -2.37.